The van der Waals surface area contributed by atoms with Crippen LogP contribution in [0.3, 0.4) is 0 Å². The van der Waals surface area contributed by atoms with Crippen LogP contribution in [0.25, 0.3) is 11.0 Å². The second-order valence-corrected chi connectivity index (χ2v) is 8.78. The lowest BCUT2D eigenvalue weighted by molar-refractivity contribution is -0.118. The third-order valence-electron chi connectivity index (χ3n) is 3.88. The Morgan fingerprint density at radius 1 is 1.26 bits per heavy atom. The first-order valence-electron chi connectivity index (χ1n) is 7.87. The van der Waals surface area contributed by atoms with Crippen LogP contribution in [0.1, 0.15) is 5.56 Å². The van der Waals surface area contributed by atoms with Gasteiger partial charge < -0.3 is 9.88 Å². The minimum absolute atomic E-state index is 0.00496. The Balaban J connectivity index is 1.64. The number of nitrogens with two attached hydrogens (primary N) is 1. The van der Waals surface area contributed by atoms with E-state index in [1.54, 1.807) is 29.8 Å². The van der Waals surface area contributed by atoms with Gasteiger partial charge in [0.15, 0.2) is 5.16 Å². The van der Waals surface area contributed by atoms with E-state index in [0.29, 0.717) is 22.2 Å². The average molecular weight is 425 g/mol. The van der Waals surface area contributed by atoms with E-state index in [1.165, 1.54) is 23.9 Å². The zero-order valence-electron chi connectivity index (χ0n) is 14.3. The summed E-state index contributed by atoms with van der Waals surface area (Å²) in [6.45, 7) is 0.414. The molecular weight excluding hydrogens is 408 g/mol. The summed E-state index contributed by atoms with van der Waals surface area (Å²) in [5.74, 6) is 0.0551. The van der Waals surface area contributed by atoms with Crippen LogP contribution in [-0.4, -0.2) is 29.6 Å². The van der Waals surface area contributed by atoms with Gasteiger partial charge in [-0.2, -0.15) is 0 Å². The summed E-state index contributed by atoms with van der Waals surface area (Å²) in [6.07, 6.45) is 0. The maximum atomic E-state index is 12.1. The quantitative estimate of drug-likeness (QED) is 0.590. The molecule has 3 aromatic rings. The van der Waals surface area contributed by atoms with Crippen molar-refractivity contribution in [1.29, 1.82) is 0 Å². The number of imidazole rings is 1. The fourth-order valence-corrected chi connectivity index (χ4v) is 3.92. The second kappa shape index (κ2) is 7.89. The number of carbonyl (C=O) groups is 1. The monoisotopic (exact) mass is 424 g/mol. The van der Waals surface area contributed by atoms with Crippen molar-refractivity contribution in [2.75, 3.05) is 5.75 Å². The summed E-state index contributed by atoms with van der Waals surface area (Å²) < 4.78 is 24.7. The van der Waals surface area contributed by atoms with Crippen molar-refractivity contribution in [1.82, 2.24) is 14.9 Å². The van der Waals surface area contributed by atoms with Crippen LogP contribution in [0.15, 0.2) is 52.5 Å². The lowest BCUT2D eigenvalue weighted by Gasteiger charge is -2.05. The number of carbonyl (C=O) groups excluding carboxylic acids is 1. The Morgan fingerprint density at radius 3 is 2.63 bits per heavy atom. The summed E-state index contributed by atoms with van der Waals surface area (Å²) in [6, 6.07) is 11.8. The molecule has 0 radical (unpaired) electrons. The highest BCUT2D eigenvalue weighted by Gasteiger charge is 2.14. The molecule has 3 N–H and O–H groups in total. The van der Waals surface area contributed by atoms with Crippen LogP contribution in [0, 0.1) is 0 Å². The molecular formula is C17H17ClN4O3S2. The number of primary sulfonamides is 1. The van der Waals surface area contributed by atoms with Gasteiger partial charge in [-0.05, 0) is 35.9 Å². The molecule has 0 bridgehead atoms. The van der Waals surface area contributed by atoms with Crippen molar-refractivity contribution < 1.29 is 13.2 Å². The Morgan fingerprint density at radius 2 is 1.96 bits per heavy atom. The number of sulfonamides is 1. The van der Waals surface area contributed by atoms with Crippen LogP contribution in [0.4, 0.5) is 0 Å². The number of nitrogens with one attached hydrogen (secondary N) is 1. The zero-order chi connectivity index (χ0) is 19.6. The van der Waals surface area contributed by atoms with E-state index < -0.39 is 10.0 Å². The molecule has 0 aliphatic carbocycles. The zero-order valence-corrected chi connectivity index (χ0v) is 16.7. The van der Waals surface area contributed by atoms with Crippen LogP contribution < -0.4 is 10.5 Å². The maximum Gasteiger partial charge on any atom is 0.238 e. The van der Waals surface area contributed by atoms with Crippen LogP contribution in [0.5, 0.6) is 0 Å². The molecule has 27 heavy (non-hydrogen) atoms. The van der Waals surface area contributed by atoms with Gasteiger partial charge in [0.1, 0.15) is 0 Å². The summed E-state index contributed by atoms with van der Waals surface area (Å²) >= 11 is 7.10. The molecule has 1 amide bonds. The summed E-state index contributed by atoms with van der Waals surface area (Å²) in [5, 5.41) is 9.24. The molecule has 0 atom stereocenters. The molecule has 7 nitrogen and oxygen atoms in total. The number of benzene rings is 2. The van der Waals surface area contributed by atoms with Crippen LogP contribution in [-0.2, 0) is 28.4 Å². The van der Waals surface area contributed by atoms with Gasteiger partial charge in [0, 0.05) is 18.6 Å². The minimum atomic E-state index is -3.79. The van der Waals surface area contributed by atoms with Gasteiger partial charge in [-0.3, -0.25) is 4.79 Å². The molecule has 3 rings (SSSR count). The number of hydrogen-bond donors (Lipinski definition) is 2. The van der Waals surface area contributed by atoms with Crippen molar-refractivity contribution in [3.8, 4) is 0 Å². The van der Waals surface area contributed by atoms with E-state index in [9.17, 15) is 13.2 Å². The molecule has 0 saturated heterocycles. The molecule has 2 aromatic carbocycles. The topological polar surface area (TPSA) is 107 Å². The molecule has 0 fully saturated rings. The van der Waals surface area contributed by atoms with Gasteiger partial charge in [0.05, 0.1) is 21.7 Å². The number of rotatable bonds is 6. The Bertz CT molecular complexity index is 1100. The normalized spacial score (nSPS) is 11.7. The molecule has 0 aliphatic rings. The second-order valence-electron chi connectivity index (χ2n) is 5.84. The highest BCUT2D eigenvalue weighted by atomic mass is 35.5. The Hall–Kier alpha value is -2.07. The van der Waals surface area contributed by atoms with Gasteiger partial charge in [-0.15, -0.1) is 0 Å². The molecule has 0 saturated carbocycles. The standard InChI is InChI=1S/C17H17ClN4O3S2/c1-22-15-7-6-13(27(19,24)25)8-14(15)21-17(22)26-10-16(23)20-9-11-2-4-12(18)5-3-11/h2-8H,9-10H2,1H3,(H,20,23)(H2,19,24,25). The van der Waals surface area contributed by atoms with E-state index in [-0.39, 0.29) is 16.6 Å². The van der Waals surface area contributed by atoms with Crippen molar-refractivity contribution >= 4 is 50.3 Å². The number of thioether (sulfide) groups is 1. The maximum absolute atomic E-state index is 12.1. The van der Waals surface area contributed by atoms with E-state index in [1.807, 2.05) is 12.1 Å². The number of hydrogen-bond acceptors (Lipinski definition) is 5. The number of amides is 1. The number of fused-ring (bicyclic) bond motifs is 1. The molecule has 0 unspecified atom stereocenters. The third kappa shape index (κ3) is 4.81. The first kappa shape index (κ1) is 19.7. The van der Waals surface area contributed by atoms with Crippen molar-refractivity contribution in [3.63, 3.8) is 0 Å². The predicted molar refractivity (Wildman–Crippen MR) is 106 cm³/mol. The number of aromatic nitrogens is 2. The van der Waals surface area contributed by atoms with E-state index in [4.69, 9.17) is 16.7 Å². The van der Waals surface area contributed by atoms with Crippen molar-refractivity contribution in [2.24, 2.45) is 12.2 Å². The van der Waals surface area contributed by atoms with Crippen molar-refractivity contribution in [2.45, 2.75) is 16.6 Å². The number of aryl methyl sites for hydroxylation is 1. The Kier molecular flexibility index (Phi) is 5.75. The first-order chi connectivity index (χ1) is 12.7. The first-order valence-corrected chi connectivity index (χ1v) is 10.8. The third-order valence-corrected chi connectivity index (χ3v) is 6.07. The summed E-state index contributed by atoms with van der Waals surface area (Å²) in [7, 11) is -1.98. The summed E-state index contributed by atoms with van der Waals surface area (Å²) in [5.41, 5.74) is 2.22. The van der Waals surface area contributed by atoms with Crippen LogP contribution >= 0.6 is 23.4 Å². The molecule has 10 heteroatoms. The predicted octanol–water partition coefficient (Wildman–Crippen LogP) is 2.28. The number of nitrogens with zero attached hydrogens (tertiary/aromatic N) is 2. The average Bonchev–Trinajstić information content (AvgIpc) is 2.94. The van der Waals surface area contributed by atoms with E-state index in [2.05, 4.69) is 10.3 Å². The van der Waals surface area contributed by atoms with Gasteiger partial charge in [-0.25, -0.2) is 18.5 Å². The smallest absolute Gasteiger partial charge is 0.238 e. The number of halogens is 1. The lowest BCUT2D eigenvalue weighted by Crippen LogP contribution is -2.24. The SMILES string of the molecule is Cn1c(SCC(=O)NCc2ccc(Cl)cc2)nc2cc(S(N)(=O)=O)ccc21. The van der Waals surface area contributed by atoms with Gasteiger partial charge in [-0.1, -0.05) is 35.5 Å². The minimum Gasteiger partial charge on any atom is -0.351 e. The Labute approximate surface area is 166 Å². The molecule has 0 spiro atoms. The highest BCUT2D eigenvalue weighted by Crippen LogP contribution is 2.24. The highest BCUT2D eigenvalue weighted by molar-refractivity contribution is 7.99. The fourth-order valence-electron chi connectivity index (χ4n) is 2.45. The molecule has 0 aliphatic heterocycles. The van der Waals surface area contributed by atoms with Crippen molar-refractivity contribution in [3.05, 3.63) is 53.1 Å². The molecule has 1 heterocycles. The largest absolute Gasteiger partial charge is 0.351 e. The lowest BCUT2D eigenvalue weighted by atomic mass is 10.2. The molecule has 1 aromatic heterocycles. The van der Waals surface area contributed by atoms with E-state index >= 15 is 0 Å². The van der Waals surface area contributed by atoms with Gasteiger partial charge in [0.25, 0.3) is 0 Å². The fraction of sp³-hybridized carbons (Fsp3) is 0.176. The summed E-state index contributed by atoms with van der Waals surface area (Å²) in [4.78, 5) is 16.5. The van der Waals surface area contributed by atoms with E-state index in [0.717, 1.165) is 11.1 Å². The molecule has 142 valence electrons. The van der Waals surface area contributed by atoms with Gasteiger partial charge >= 0.3 is 0 Å². The van der Waals surface area contributed by atoms with Gasteiger partial charge in [0.2, 0.25) is 15.9 Å². The van der Waals surface area contributed by atoms with Crippen LogP contribution in [0.2, 0.25) is 5.02 Å².